The van der Waals surface area contributed by atoms with Gasteiger partial charge in [0.05, 0.1) is 6.42 Å². The van der Waals surface area contributed by atoms with Crippen molar-refractivity contribution in [1.82, 2.24) is 9.80 Å². The van der Waals surface area contributed by atoms with E-state index in [2.05, 4.69) is 0 Å². The SMILES string of the molecule is O=C(C1N(C(=O)Cc2ccccc2F)CCCC12CCOCC2)N1CCCC1. The third kappa shape index (κ3) is 3.66. The van der Waals surface area contributed by atoms with Crippen molar-refractivity contribution in [3.05, 3.63) is 35.6 Å². The van der Waals surface area contributed by atoms with E-state index in [-0.39, 0.29) is 29.5 Å². The molecule has 152 valence electrons. The lowest BCUT2D eigenvalue weighted by molar-refractivity contribution is -0.160. The molecule has 6 heteroatoms. The van der Waals surface area contributed by atoms with Gasteiger partial charge in [0.15, 0.2) is 0 Å². The van der Waals surface area contributed by atoms with Crippen molar-refractivity contribution in [2.75, 3.05) is 32.8 Å². The van der Waals surface area contributed by atoms with Gasteiger partial charge in [0, 0.05) is 38.3 Å². The largest absolute Gasteiger partial charge is 0.381 e. The summed E-state index contributed by atoms with van der Waals surface area (Å²) in [5, 5.41) is 0. The van der Waals surface area contributed by atoms with Gasteiger partial charge in [-0.25, -0.2) is 4.39 Å². The lowest BCUT2D eigenvalue weighted by Crippen LogP contribution is -2.62. The van der Waals surface area contributed by atoms with Gasteiger partial charge in [-0.2, -0.15) is 0 Å². The maximum atomic E-state index is 14.1. The second kappa shape index (κ2) is 8.19. The van der Waals surface area contributed by atoms with E-state index in [1.54, 1.807) is 23.1 Å². The van der Waals surface area contributed by atoms with E-state index in [0.29, 0.717) is 25.3 Å². The van der Waals surface area contributed by atoms with Gasteiger partial charge >= 0.3 is 0 Å². The highest BCUT2D eigenvalue weighted by Crippen LogP contribution is 2.45. The topological polar surface area (TPSA) is 49.9 Å². The van der Waals surface area contributed by atoms with Gasteiger partial charge < -0.3 is 14.5 Å². The zero-order chi connectivity index (χ0) is 19.6. The fourth-order valence-corrected chi connectivity index (χ4v) is 5.18. The Kier molecular flexibility index (Phi) is 5.67. The zero-order valence-corrected chi connectivity index (χ0v) is 16.4. The first-order valence-electron chi connectivity index (χ1n) is 10.5. The summed E-state index contributed by atoms with van der Waals surface area (Å²) in [6.07, 6.45) is 5.50. The summed E-state index contributed by atoms with van der Waals surface area (Å²) in [6, 6.07) is 5.96. The first kappa shape index (κ1) is 19.4. The van der Waals surface area contributed by atoms with Gasteiger partial charge in [0.25, 0.3) is 0 Å². The molecule has 0 radical (unpaired) electrons. The molecule has 1 unspecified atom stereocenters. The summed E-state index contributed by atoms with van der Waals surface area (Å²) in [5.41, 5.74) is 0.188. The van der Waals surface area contributed by atoms with E-state index in [1.165, 1.54) is 6.07 Å². The van der Waals surface area contributed by atoms with Gasteiger partial charge in [-0.05, 0) is 50.2 Å². The molecule has 3 heterocycles. The van der Waals surface area contributed by atoms with Crippen molar-refractivity contribution in [1.29, 1.82) is 0 Å². The van der Waals surface area contributed by atoms with Crippen LogP contribution in [-0.4, -0.2) is 60.5 Å². The molecular formula is C22H29FN2O3. The van der Waals surface area contributed by atoms with Crippen LogP contribution in [0.3, 0.4) is 0 Å². The minimum Gasteiger partial charge on any atom is -0.381 e. The molecule has 0 aromatic heterocycles. The van der Waals surface area contributed by atoms with Gasteiger partial charge in [0.1, 0.15) is 11.9 Å². The van der Waals surface area contributed by atoms with Crippen LogP contribution in [0.25, 0.3) is 0 Å². The molecule has 3 aliphatic heterocycles. The van der Waals surface area contributed by atoms with E-state index in [9.17, 15) is 14.0 Å². The van der Waals surface area contributed by atoms with Crippen LogP contribution in [0, 0.1) is 11.2 Å². The highest BCUT2D eigenvalue weighted by molar-refractivity contribution is 5.89. The average Bonchev–Trinajstić information content (AvgIpc) is 3.24. The van der Waals surface area contributed by atoms with Crippen LogP contribution in [0.5, 0.6) is 0 Å². The number of carbonyl (C=O) groups is 2. The second-order valence-corrected chi connectivity index (χ2v) is 8.37. The van der Waals surface area contributed by atoms with E-state index in [4.69, 9.17) is 4.74 Å². The Labute approximate surface area is 165 Å². The molecule has 0 saturated carbocycles. The molecule has 0 bridgehead atoms. The molecule has 4 rings (SSSR count). The number of hydrogen-bond donors (Lipinski definition) is 0. The molecule has 1 atom stereocenters. The third-order valence-corrected chi connectivity index (χ3v) is 6.73. The minimum absolute atomic E-state index is 0.00301. The van der Waals surface area contributed by atoms with E-state index in [0.717, 1.165) is 51.6 Å². The minimum atomic E-state index is -0.442. The molecular weight excluding hydrogens is 359 g/mol. The van der Waals surface area contributed by atoms with Crippen molar-refractivity contribution in [3.63, 3.8) is 0 Å². The van der Waals surface area contributed by atoms with E-state index in [1.807, 2.05) is 4.90 Å². The number of carbonyl (C=O) groups excluding carboxylic acids is 2. The first-order chi connectivity index (χ1) is 13.6. The van der Waals surface area contributed by atoms with Gasteiger partial charge in [-0.1, -0.05) is 18.2 Å². The lowest BCUT2D eigenvalue weighted by Gasteiger charge is -2.51. The van der Waals surface area contributed by atoms with Crippen LogP contribution in [0.15, 0.2) is 24.3 Å². The number of likely N-dealkylation sites (tertiary alicyclic amines) is 2. The lowest BCUT2D eigenvalue weighted by atomic mass is 9.67. The molecule has 1 aromatic carbocycles. The fraction of sp³-hybridized carbons (Fsp3) is 0.636. The quantitative estimate of drug-likeness (QED) is 0.800. The number of rotatable bonds is 3. The van der Waals surface area contributed by atoms with Crippen LogP contribution in [0.2, 0.25) is 0 Å². The molecule has 1 aromatic rings. The summed E-state index contributed by atoms with van der Waals surface area (Å²) in [6.45, 7) is 3.40. The first-order valence-corrected chi connectivity index (χ1v) is 10.5. The molecule has 3 fully saturated rings. The fourth-order valence-electron chi connectivity index (χ4n) is 5.18. The molecule has 28 heavy (non-hydrogen) atoms. The molecule has 2 amide bonds. The Hall–Kier alpha value is -1.95. The maximum absolute atomic E-state index is 14.1. The monoisotopic (exact) mass is 388 g/mol. The van der Waals surface area contributed by atoms with Crippen LogP contribution >= 0.6 is 0 Å². The van der Waals surface area contributed by atoms with Crippen molar-refractivity contribution in [2.24, 2.45) is 5.41 Å². The number of amides is 2. The van der Waals surface area contributed by atoms with E-state index >= 15 is 0 Å². The Morgan fingerprint density at radius 2 is 1.75 bits per heavy atom. The Bertz CT molecular complexity index is 721. The highest BCUT2D eigenvalue weighted by atomic mass is 19.1. The molecule has 0 aliphatic carbocycles. The number of halogens is 1. The van der Waals surface area contributed by atoms with Crippen LogP contribution in [0.1, 0.15) is 44.1 Å². The van der Waals surface area contributed by atoms with Crippen molar-refractivity contribution in [2.45, 2.75) is 51.0 Å². The highest BCUT2D eigenvalue weighted by Gasteiger charge is 2.51. The van der Waals surface area contributed by atoms with Crippen molar-refractivity contribution >= 4 is 11.8 Å². The number of nitrogens with zero attached hydrogens (tertiary/aromatic N) is 2. The normalized spacial score (nSPS) is 24.5. The number of benzene rings is 1. The van der Waals surface area contributed by atoms with Gasteiger partial charge in [-0.15, -0.1) is 0 Å². The van der Waals surface area contributed by atoms with Gasteiger partial charge in [0.2, 0.25) is 11.8 Å². The Morgan fingerprint density at radius 3 is 2.46 bits per heavy atom. The summed E-state index contributed by atoms with van der Waals surface area (Å²) in [4.78, 5) is 30.5. The third-order valence-electron chi connectivity index (χ3n) is 6.73. The Morgan fingerprint density at radius 1 is 1.04 bits per heavy atom. The number of ether oxygens (including phenoxy) is 1. The summed E-state index contributed by atoms with van der Waals surface area (Å²) >= 11 is 0. The van der Waals surface area contributed by atoms with E-state index < -0.39 is 6.04 Å². The van der Waals surface area contributed by atoms with Crippen molar-refractivity contribution < 1.29 is 18.7 Å². The van der Waals surface area contributed by atoms with Crippen LogP contribution < -0.4 is 0 Å². The predicted octanol–water partition coefficient (Wildman–Crippen LogP) is 2.78. The smallest absolute Gasteiger partial charge is 0.245 e. The molecule has 3 saturated heterocycles. The summed E-state index contributed by atoms with van der Waals surface area (Å²) in [5.74, 6) is -0.426. The Balaban J connectivity index is 1.62. The summed E-state index contributed by atoms with van der Waals surface area (Å²) < 4.78 is 19.7. The second-order valence-electron chi connectivity index (χ2n) is 8.37. The van der Waals surface area contributed by atoms with Crippen molar-refractivity contribution in [3.8, 4) is 0 Å². The standard InChI is InChI=1S/C22H29FN2O3/c23-18-7-2-1-6-17(18)16-19(26)25-13-5-8-22(9-14-28-15-10-22)20(25)21(27)24-11-3-4-12-24/h1-2,6-7,20H,3-5,8-16H2. The van der Waals surface area contributed by atoms with Gasteiger partial charge in [-0.3, -0.25) is 9.59 Å². The molecule has 3 aliphatic rings. The zero-order valence-electron chi connectivity index (χ0n) is 16.4. The molecule has 5 nitrogen and oxygen atoms in total. The predicted molar refractivity (Wildman–Crippen MR) is 103 cm³/mol. The van der Waals surface area contributed by atoms with Crippen LogP contribution in [0.4, 0.5) is 4.39 Å². The molecule has 1 spiro atoms. The molecule has 0 N–H and O–H groups in total. The summed E-state index contributed by atoms with van der Waals surface area (Å²) in [7, 11) is 0. The van der Waals surface area contributed by atoms with Crippen LogP contribution in [-0.2, 0) is 20.7 Å². The maximum Gasteiger partial charge on any atom is 0.245 e. The average molecular weight is 388 g/mol. The number of piperidine rings is 1. The number of hydrogen-bond acceptors (Lipinski definition) is 3.